The number of halogens is 3. The van der Waals surface area contributed by atoms with Crippen LogP contribution in [-0.4, -0.2) is 28.9 Å². The van der Waals surface area contributed by atoms with Crippen LogP contribution in [0.25, 0.3) is 0 Å². The Morgan fingerprint density at radius 1 is 0.867 bits per heavy atom. The number of benzene rings is 4. The number of amides is 1. The Balaban J connectivity index is 1.58. The van der Waals surface area contributed by atoms with E-state index in [4.69, 9.17) is 27.9 Å². The number of rotatable bonds is 4. The molecule has 1 N–H and O–H groups in total. The maximum Gasteiger partial charge on any atom is 0.324 e. The third kappa shape index (κ3) is 4.68. The Hall–Kier alpha value is -3.71. The molecule has 0 aliphatic carbocycles. The van der Waals surface area contributed by atoms with Crippen molar-refractivity contribution >= 4 is 40.8 Å². The van der Waals surface area contributed by atoms with Gasteiger partial charge in [0.25, 0.3) is 0 Å². The fourth-order valence-corrected chi connectivity index (χ4v) is 8.33. The zero-order valence-electron chi connectivity index (χ0n) is 25.1. The number of ether oxygens (including phenoxy) is 1. The molecule has 4 aromatic carbocycles. The van der Waals surface area contributed by atoms with Crippen LogP contribution >= 0.6 is 23.2 Å². The smallest absolute Gasteiger partial charge is 0.324 e. The minimum absolute atomic E-state index is 0.0749. The molecule has 0 bridgehead atoms. The summed E-state index contributed by atoms with van der Waals surface area (Å²) < 4.78 is 22.7. The van der Waals surface area contributed by atoms with Gasteiger partial charge in [0.05, 0.1) is 11.1 Å². The predicted octanol–water partition coefficient (Wildman–Crippen LogP) is 8.63. The molecular weight excluding hydrogens is 610 g/mol. The lowest BCUT2D eigenvalue weighted by Gasteiger charge is -2.47. The number of carbonyl (C=O) groups excluding carboxylic acids is 2. The molecule has 230 valence electrons. The molecule has 5 nitrogen and oxygen atoms in total. The quantitative estimate of drug-likeness (QED) is 0.226. The number of anilines is 1. The van der Waals surface area contributed by atoms with E-state index < -0.39 is 47.3 Å². The molecule has 0 aromatic heterocycles. The van der Waals surface area contributed by atoms with Crippen molar-refractivity contribution in [2.75, 3.05) is 5.32 Å². The van der Waals surface area contributed by atoms with E-state index in [0.717, 1.165) is 11.1 Å². The normalized spacial score (nSPS) is 27.6. The highest BCUT2D eigenvalue weighted by atomic mass is 35.5. The molecule has 6 atom stereocenters. The highest BCUT2D eigenvalue weighted by molar-refractivity contribution is 6.31. The summed E-state index contributed by atoms with van der Waals surface area (Å²) in [7, 11) is 0. The number of hydrogen-bond acceptors (Lipinski definition) is 4. The molecule has 3 aliphatic heterocycles. The van der Waals surface area contributed by atoms with Gasteiger partial charge in [0.15, 0.2) is 0 Å². The van der Waals surface area contributed by atoms with Crippen molar-refractivity contribution in [1.82, 2.24) is 4.90 Å². The van der Waals surface area contributed by atoms with Gasteiger partial charge >= 0.3 is 5.97 Å². The molecule has 4 aromatic rings. The summed E-state index contributed by atoms with van der Waals surface area (Å²) >= 11 is 12.8. The van der Waals surface area contributed by atoms with E-state index in [-0.39, 0.29) is 21.9 Å². The molecule has 1 amide bonds. The Morgan fingerprint density at radius 3 is 2.20 bits per heavy atom. The van der Waals surface area contributed by atoms with Crippen LogP contribution in [-0.2, 0) is 19.7 Å². The topological polar surface area (TPSA) is 58.6 Å². The molecular formula is C37H33Cl2FN2O3. The highest BCUT2D eigenvalue weighted by Gasteiger charge is 2.72. The van der Waals surface area contributed by atoms with Gasteiger partial charge in [-0.3, -0.25) is 14.5 Å². The van der Waals surface area contributed by atoms with E-state index in [1.165, 1.54) is 6.07 Å². The van der Waals surface area contributed by atoms with E-state index in [1.54, 1.807) is 24.3 Å². The molecule has 7 rings (SSSR count). The first-order chi connectivity index (χ1) is 21.5. The number of hydrogen-bond donors (Lipinski definition) is 1. The van der Waals surface area contributed by atoms with Crippen LogP contribution < -0.4 is 5.32 Å². The van der Waals surface area contributed by atoms with Crippen molar-refractivity contribution < 1.29 is 18.7 Å². The summed E-state index contributed by atoms with van der Waals surface area (Å²) in [6.45, 7) is 6.35. The fraction of sp³-hybridized carbons (Fsp3) is 0.297. The third-order valence-electron chi connectivity index (χ3n) is 9.55. The molecule has 8 heteroatoms. The summed E-state index contributed by atoms with van der Waals surface area (Å²) in [5.41, 5.74) is 1.55. The zero-order chi connectivity index (χ0) is 31.7. The monoisotopic (exact) mass is 642 g/mol. The van der Waals surface area contributed by atoms with Crippen molar-refractivity contribution in [3.05, 3.63) is 135 Å². The van der Waals surface area contributed by atoms with Gasteiger partial charge in [-0.1, -0.05) is 123 Å². The minimum Gasteiger partial charge on any atom is -0.454 e. The minimum atomic E-state index is -1.37. The second-order valence-corrected chi connectivity index (χ2v) is 14.3. The van der Waals surface area contributed by atoms with Crippen LogP contribution in [0.1, 0.15) is 67.5 Å². The number of esters is 1. The molecule has 2 fully saturated rings. The van der Waals surface area contributed by atoms with Gasteiger partial charge in [-0.15, -0.1) is 0 Å². The van der Waals surface area contributed by atoms with Crippen LogP contribution in [0.4, 0.5) is 10.1 Å². The van der Waals surface area contributed by atoms with Gasteiger partial charge in [-0.2, -0.15) is 0 Å². The van der Waals surface area contributed by atoms with Crippen LogP contribution in [0.2, 0.25) is 10.0 Å². The summed E-state index contributed by atoms with van der Waals surface area (Å²) in [6.07, 6.45) is -0.149. The lowest BCUT2D eigenvalue weighted by molar-refractivity contribution is -0.176. The lowest BCUT2D eigenvalue weighted by atomic mass is 9.62. The molecule has 2 saturated heterocycles. The number of cyclic esters (lactones) is 1. The van der Waals surface area contributed by atoms with E-state index >= 15 is 4.39 Å². The van der Waals surface area contributed by atoms with Crippen molar-refractivity contribution in [2.45, 2.75) is 62.8 Å². The molecule has 45 heavy (non-hydrogen) atoms. The Morgan fingerprint density at radius 2 is 1.53 bits per heavy atom. The highest BCUT2D eigenvalue weighted by Crippen LogP contribution is 2.64. The molecule has 3 heterocycles. The predicted molar refractivity (Wildman–Crippen MR) is 174 cm³/mol. The van der Waals surface area contributed by atoms with Crippen molar-refractivity contribution in [3.63, 3.8) is 0 Å². The SMILES string of the molecule is CC(C)(C)C[C@@H]1N2[C@H](C(=O)O[C@H](c3ccccc3)[C@@H]2c2ccccc2)[C@H](c2cccc(Cl)c2F)[C@]12C(=O)Nc1cc(Cl)ccc12. The van der Waals surface area contributed by atoms with Crippen molar-refractivity contribution in [3.8, 4) is 0 Å². The average Bonchev–Trinajstić information content (AvgIpc) is 3.46. The molecule has 0 unspecified atom stereocenters. The van der Waals surface area contributed by atoms with Gasteiger partial charge in [0.2, 0.25) is 5.91 Å². The van der Waals surface area contributed by atoms with E-state index in [1.807, 2.05) is 66.7 Å². The summed E-state index contributed by atoms with van der Waals surface area (Å²) in [6, 6.07) is 27.7. The molecule has 1 spiro atoms. The maximum absolute atomic E-state index is 16.3. The maximum atomic E-state index is 16.3. The van der Waals surface area contributed by atoms with Crippen LogP contribution in [0.5, 0.6) is 0 Å². The van der Waals surface area contributed by atoms with Crippen LogP contribution in [0.15, 0.2) is 97.1 Å². The second-order valence-electron chi connectivity index (χ2n) is 13.4. The number of carbonyl (C=O) groups is 2. The number of nitrogens with zero attached hydrogens (tertiary/aromatic N) is 1. The summed E-state index contributed by atoms with van der Waals surface area (Å²) in [5, 5.41) is 3.47. The Labute approximate surface area is 272 Å². The van der Waals surface area contributed by atoms with Gasteiger partial charge in [0.1, 0.15) is 23.4 Å². The molecule has 0 saturated carbocycles. The fourth-order valence-electron chi connectivity index (χ4n) is 7.98. The van der Waals surface area contributed by atoms with E-state index in [9.17, 15) is 9.59 Å². The van der Waals surface area contributed by atoms with E-state index in [2.05, 4.69) is 31.0 Å². The number of nitrogens with one attached hydrogen (secondary N) is 1. The van der Waals surface area contributed by atoms with Gasteiger partial charge in [0, 0.05) is 22.7 Å². The Bertz CT molecular complexity index is 1790. The van der Waals surface area contributed by atoms with Crippen molar-refractivity contribution in [1.29, 1.82) is 0 Å². The van der Waals surface area contributed by atoms with Crippen LogP contribution in [0, 0.1) is 11.2 Å². The first-order valence-corrected chi connectivity index (χ1v) is 15.9. The first-order valence-electron chi connectivity index (χ1n) is 15.2. The second kappa shape index (κ2) is 11.0. The standard InChI is InChI=1S/C37H33Cl2FN2O3/c1-36(2,3)20-28-37(25-18-17-23(38)19-27(25)41-35(37)44)29(24-15-10-16-26(39)30(24)40)32-34(43)45-33(22-13-8-5-9-14-22)31(42(28)32)21-11-6-4-7-12-21/h4-19,28-29,31-33H,20H2,1-3H3,(H,41,44)/t28-,29-,31-,32-,33+,37+/m0/s1. The largest absolute Gasteiger partial charge is 0.454 e. The van der Waals surface area contributed by atoms with E-state index in [0.29, 0.717) is 22.7 Å². The summed E-state index contributed by atoms with van der Waals surface area (Å²) in [5.74, 6) is -2.42. The van der Waals surface area contributed by atoms with Crippen LogP contribution in [0.3, 0.4) is 0 Å². The first kappa shape index (κ1) is 30.0. The third-order valence-corrected chi connectivity index (χ3v) is 10.1. The zero-order valence-corrected chi connectivity index (χ0v) is 26.6. The average molecular weight is 644 g/mol. The molecule has 0 radical (unpaired) electrons. The summed E-state index contributed by atoms with van der Waals surface area (Å²) in [4.78, 5) is 31.5. The lowest BCUT2D eigenvalue weighted by Crippen LogP contribution is -2.54. The molecule has 3 aliphatic rings. The number of fused-ring (bicyclic) bond motifs is 3. The number of morpholine rings is 1. The van der Waals surface area contributed by atoms with Gasteiger partial charge in [-0.05, 0) is 52.3 Å². The van der Waals surface area contributed by atoms with Gasteiger partial charge < -0.3 is 10.1 Å². The Kier molecular flexibility index (Phi) is 7.31. The van der Waals surface area contributed by atoms with Crippen molar-refractivity contribution in [2.24, 2.45) is 5.41 Å². The van der Waals surface area contributed by atoms with Gasteiger partial charge in [-0.25, -0.2) is 4.39 Å².